The third kappa shape index (κ3) is 7.76. The van der Waals surface area contributed by atoms with Crippen molar-refractivity contribution >= 4 is 50.7 Å². The summed E-state index contributed by atoms with van der Waals surface area (Å²) in [7, 11) is 3.80. The van der Waals surface area contributed by atoms with E-state index in [1.54, 1.807) is 37.4 Å². The van der Waals surface area contributed by atoms with Gasteiger partial charge >= 0.3 is 0 Å². The Balaban J connectivity index is 1.34. The largest absolute Gasteiger partial charge is 0.497 e. The second-order valence-corrected chi connectivity index (χ2v) is 14.1. The Hall–Kier alpha value is -3.61. The number of amides is 1. The van der Waals surface area contributed by atoms with Crippen LogP contribution in [0.25, 0.3) is 10.8 Å². The van der Waals surface area contributed by atoms with Gasteiger partial charge in [-0.3, -0.25) is 9.00 Å². The number of ether oxygens (including phenoxy) is 2. The minimum atomic E-state index is -1.10. The van der Waals surface area contributed by atoms with Gasteiger partial charge in [0.05, 0.1) is 46.2 Å². The molecule has 1 aliphatic heterocycles. The molecule has 0 radical (unpaired) electrons. The van der Waals surface area contributed by atoms with Crippen molar-refractivity contribution in [3.05, 3.63) is 99.0 Å². The molecule has 0 aliphatic carbocycles. The lowest BCUT2D eigenvalue weighted by atomic mass is 9.88. The Labute approximate surface area is 289 Å². The number of nitrogens with zero attached hydrogens (tertiary/aromatic N) is 3. The molecule has 4 aromatic carbocycles. The summed E-state index contributed by atoms with van der Waals surface area (Å²) in [4.78, 5) is 19.2. The van der Waals surface area contributed by atoms with E-state index in [1.165, 1.54) is 7.11 Å². The molecular weight excluding hydrogens is 653 g/mol. The first-order chi connectivity index (χ1) is 22.6. The summed E-state index contributed by atoms with van der Waals surface area (Å²) in [6, 6.07) is 23.1. The number of fused-ring (bicyclic) bond motifs is 1. The van der Waals surface area contributed by atoms with E-state index in [4.69, 9.17) is 32.7 Å². The molecule has 2 atom stereocenters. The number of carbonyl (C=O) groups excluding carboxylic acids is 1. The first kappa shape index (κ1) is 34.7. The average Bonchev–Trinajstić information content (AvgIpc) is 3.09. The summed E-state index contributed by atoms with van der Waals surface area (Å²) in [5.41, 5.74) is 2.85. The monoisotopic (exact) mass is 691 g/mol. The van der Waals surface area contributed by atoms with Crippen LogP contribution >= 0.6 is 23.2 Å². The summed E-state index contributed by atoms with van der Waals surface area (Å²) in [6.45, 7) is 3.10. The number of methoxy groups -OCH3 is 2. The predicted octanol–water partition coefficient (Wildman–Crippen LogP) is 7.90. The average molecular weight is 693 g/mol. The van der Waals surface area contributed by atoms with Crippen molar-refractivity contribution in [1.29, 1.82) is 5.26 Å². The number of hydrogen-bond acceptors (Lipinski definition) is 6. The molecule has 246 valence electrons. The molecule has 1 aliphatic rings. The smallest absolute Gasteiger partial charge is 0.258 e. The molecule has 0 saturated carbocycles. The molecule has 1 saturated heterocycles. The van der Waals surface area contributed by atoms with Gasteiger partial charge in [-0.25, -0.2) is 0 Å². The highest BCUT2D eigenvalue weighted by atomic mass is 35.5. The second-order valence-electron chi connectivity index (χ2n) is 12.0. The lowest BCUT2D eigenvalue weighted by Crippen LogP contribution is -2.36. The van der Waals surface area contributed by atoms with Gasteiger partial charge in [0, 0.05) is 30.7 Å². The van der Waals surface area contributed by atoms with Crippen LogP contribution in [0.15, 0.2) is 71.6 Å². The van der Waals surface area contributed by atoms with E-state index in [-0.39, 0.29) is 17.6 Å². The quantitative estimate of drug-likeness (QED) is 0.159. The molecule has 0 aromatic heterocycles. The van der Waals surface area contributed by atoms with Crippen molar-refractivity contribution in [3.8, 4) is 17.6 Å². The van der Waals surface area contributed by atoms with Crippen molar-refractivity contribution in [2.24, 2.45) is 0 Å². The maximum absolute atomic E-state index is 14.1. The highest BCUT2D eigenvalue weighted by Gasteiger charge is 2.28. The van der Waals surface area contributed by atoms with Crippen LogP contribution < -0.4 is 9.47 Å². The Morgan fingerprint density at radius 2 is 1.79 bits per heavy atom. The van der Waals surface area contributed by atoms with Gasteiger partial charge in [-0.15, -0.1) is 0 Å². The van der Waals surface area contributed by atoms with E-state index >= 15 is 0 Å². The van der Waals surface area contributed by atoms with E-state index in [1.807, 2.05) is 48.5 Å². The molecule has 10 heteroatoms. The van der Waals surface area contributed by atoms with Crippen LogP contribution in [0.5, 0.6) is 11.5 Å². The van der Waals surface area contributed by atoms with Gasteiger partial charge < -0.3 is 19.3 Å². The van der Waals surface area contributed by atoms with Crippen LogP contribution in [0.4, 0.5) is 0 Å². The molecule has 4 aromatic rings. The van der Waals surface area contributed by atoms with Gasteiger partial charge in [0.25, 0.3) is 5.91 Å². The maximum atomic E-state index is 14.1. The van der Waals surface area contributed by atoms with Crippen molar-refractivity contribution in [2.45, 2.75) is 36.0 Å². The molecule has 0 N–H and O–H groups in total. The van der Waals surface area contributed by atoms with Crippen LogP contribution in [-0.4, -0.2) is 73.6 Å². The zero-order valence-electron chi connectivity index (χ0n) is 27.1. The number of likely N-dealkylation sites (tertiary alicyclic amines) is 1. The normalized spacial score (nSPS) is 15.2. The fourth-order valence-electron chi connectivity index (χ4n) is 6.60. The molecule has 0 spiro atoms. The van der Waals surface area contributed by atoms with Gasteiger partial charge in [0.1, 0.15) is 17.6 Å². The van der Waals surface area contributed by atoms with Crippen molar-refractivity contribution < 1.29 is 18.5 Å². The highest BCUT2D eigenvalue weighted by molar-refractivity contribution is 7.84. The Morgan fingerprint density at radius 3 is 2.45 bits per heavy atom. The Morgan fingerprint density at radius 1 is 1.04 bits per heavy atom. The van der Waals surface area contributed by atoms with Gasteiger partial charge in [-0.1, -0.05) is 59.6 Å². The van der Waals surface area contributed by atoms with Crippen LogP contribution in [0.1, 0.15) is 58.1 Å². The van der Waals surface area contributed by atoms with E-state index in [0.29, 0.717) is 33.6 Å². The van der Waals surface area contributed by atoms with Gasteiger partial charge in [0.15, 0.2) is 0 Å². The van der Waals surface area contributed by atoms with Crippen molar-refractivity contribution in [1.82, 2.24) is 9.80 Å². The summed E-state index contributed by atoms with van der Waals surface area (Å²) >= 11 is 12.7. The number of piperidine rings is 1. The number of likely N-dealkylation sites (N-methyl/N-ethyl adjacent to an activating group) is 1. The van der Waals surface area contributed by atoms with Crippen LogP contribution in [-0.2, 0) is 10.8 Å². The molecule has 7 nitrogen and oxygen atoms in total. The topological polar surface area (TPSA) is 82.9 Å². The number of benzene rings is 4. The maximum Gasteiger partial charge on any atom is 0.258 e. The summed E-state index contributed by atoms with van der Waals surface area (Å²) in [5, 5.41) is 12.3. The standard InChI is InChI=1S/C37H39Cl2N3O4S/c1-41(37(43)35-31-8-6-5-7-26(31)19-28(22-40)36(35)46-3)23-27(25-9-12-32(38)33(39)20-25)15-18-42-16-13-24(14-17-42)30-11-10-29(45-2)21-34(30)47(4)44/h5-12,19-21,24,27H,13-18,23H2,1-4H3/t27?,47-/m0/s1. The predicted molar refractivity (Wildman–Crippen MR) is 190 cm³/mol. The van der Waals surface area contributed by atoms with E-state index < -0.39 is 10.8 Å². The molecule has 0 bridgehead atoms. The zero-order chi connectivity index (χ0) is 33.7. The number of halogens is 2. The molecular formula is C37H39Cl2N3O4S. The molecule has 1 unspecified atom stereocenters. The molecule has 1 fully saturated rings. The second kappa shape index (κ2) is 15.5. The summed E-state index contributed by atoms with van der Waals surface area (Å²) in [5.74, 6) is 1.09. The number of carbonyl (C=O) groups is 1. The SMILES string of the molecule is COc1ccc(C2CCN(CCC(CN(C)C(=O)c3c(OC)c(C#N)cc4ccccc34)c3ccc(Cl)c(Cl)c3)CC2)c([S@](C)=O)c1. The lowest BCUT2D eigenvalue weighted by Gasteiger charge is -2.34. The van der Waals surface area contributed by atoms with E-state index in [2.05, 4.69) is 17.0 Å². The fourth-order valence-corrected chi connectivity index (χ4v) is 7.76. The summed E-state index contributed by atoms with van der Waals surface area (Å²) < 4.78 is 23.5. The Kier molecular flexibility index (Phi) is 11.5. The summed E-state index contributed by atoms with van der Waals surface area (Å²) in [6.07, 6.45) is 4.45. The number of hydrogen-bond donors (Lipinski definition) is 0. The van der Waals surface area contributed by atoms with E-state index in [9.17, 15) is 14.3 Å². The fraction of sp³-hybridized carbons (Fsp3) is 0.351. The van der Waals surface area contributed by atoms with Gasteiger partial charge in [-0.2, -0.15) is 5.26 Å². The minimum absolute atomic E-state index is 0.0245. The van der Waals surface area contributed by atoms with Crippen LogP contribution in [0.2, 0.25) is 10.0 Å². The van der Waals surface area contributed by atoms with Gasteiger partial charge in [0.2, 0.25) is 0 Å². The molecule has 1 amide bonds. The van der Waals surface area contributed by atoms with Crippen LogP contribution in [0, 0.1) is 11.3 Å². The third-order valence-electron chi connectivity index (χ3n) is 9.15. The van der Waals surface area contributed by atoms with Crippen molar-refractivity contribution in [2.75, 3.05) is 53.7 Å². The first-order valence-electron chi connectivity index (χ1n) is 15.6. The first-order valence-corrected chi connectivity index (χ1v) is 17.9. The minimum Gasteiger partial charge on any atom is -0.497 e. The lowest BCUT2D eigenvalue weighted by molar-refractivity contribution is 0.0780. The van der Waals surface area contributed by atoms with E-state index in [0.717, 1.165) is 71.4 Å². The third-order valence-corrected chi connectivity index (χ3v) is 10.9. The van der Waals surface area contributed by atoms with Gasteiger partial charge in [-0.05, 0) is 97.0 Å². The number of rotatable bonds is 11. The molecule has 47 heavy (non-hydrogen) atoms. The van der Waals surface area contributed by atoms with Crippen molar-refractivity contribution in [3.63, 3.8) is 0 Å². The molecule has 1 heterocycles. The highest BCUT2D eigenvalue weighted by Crippen LogP contribution is 2.36. The zero-order valence-corrected chi connectivity index (χ0v) is 29.4. The Bertz CT molecular complexity index is 1830. The number of nitriles is 1. The van der Waals surface area contributed by atoms with Crippen LogP contribution in [0.3, 0.4) is 0 Å². The molecule has 5 rings (SSSR count).